The number of rotatable bonds is 1. The van der Waals surface area contributed by atoms with Gasteiger partial charge in [-0.3, -0.25) is 14.4 Å². The van der Waals surface area contributed by atoms with Crippen LogP contribution in [0.3, 0.4) is 0 Å². The zero-order valence-corrected chi connectivity index (χ0v) is 17.4. The van der Waals surface area contributed by atoms with Crippen LogP contribution in [-0.2, 0) is 20.0 Å². The molecule has 1 fully saturated rings. The minimum absolute atomic E-state index is 0.182. The normalized spacial score (nSPS) is 31.9. The molecule has 3 aliphatic carbocycles. The third kappa shape index (κ3) is 2.35. The predicted octanol–water partition coefficient (Wildman–Crippen LogP) is -0.0933. The second-order valence-corrected chi connectivity index (χ2v) is 8.82. The second-order valence-electron chi connectivity index (χ2n) is 8.45. The highest BCUT2D eigenvalue weighted by Crippen LogP contribution is 2.59. The molecule has 11 N–H and O–H groups in total. The van der Waals surface area contributed by atoms with Gasteiger partial charge >= 0.3 is 0 Å². The molecule has 32 heavy (non-hydrogen) atoms. The Labute approximate surface area is 185 Å². The van der Waals surface area contributed by atoms with E-state index in [1.54, 1.807) is 0 Å². The van der Waals surface area contributed by atoms with E-state index in [1.165, 1.54) is 6.92 Å². The number of carbonyl (C=O) groups is 3. The molecule has 170 valence electrons. The lowest BCUT2D eigenvalue weighted by Crippen LogP contribution is -2.60. The summed E-state index contributed by atoms with van der Waals surface area (Å²) in [5, 5.41) is 54.3. The van der Waals surface area contributed by atoms with Crippen LogP contribution in [0.5, 0.6) is 5.75 Å². The molecule has 3 aliphatic rings. The Hall–Kier alpha value is -3.28. The number of hydrogen-bond acceptors (Lipinski definition) is 10. The number of aromatic hydroxyl groups is 1. The molecular formula is C20H20ClN3O8. The van der Waals surface area contributed by atoms with E-state index in [4.69, 9.17) is 28.8 Å². The van der Waals surface area contributed by atoms with Gasteiger partial charge in [0.2, 0.25) is 5.78 Å². The fourth-order valence-electron chi connectivity index (χ4n) is 5.15. The average Bonchev–Trinajstić information content (AvgIpc) is 2.69. The van der Waals surface area contributed by atoms with Crippen LogP contribution in [0.4, 0.5) is 11.4 Å². The van der Waals surface area contributed by atoms with E-state index in [0.29, 0.717) is 0 Å². The molecule has 11 nitrogen and oxygen atoms in total. The molecule has 0 aliphatic heterocycles. The van der Waals surface area contributed by atoms with Crippen LogP contribution < -0.4 is 17.2 Å². The number of primary amides is 1. The Morgan fingerprint density at radius 1 is 1.12 bits per heavy atom. The summed E-state index contributed by atoms with van der Waals surface area (Å²) in [7, 11) is 0. The van der Waals surface area contributed by atoms with Crippen molar-refractivity contribution in [3.8, 4) is 5.75 Å². The highest BCUT2D eigenvalue weighted by atomic mass is 35.5. The molecule has 1 unspecified atom stereocenters. The van der Waals surface area contributed by atoms with Crippen molar-refractivity contribution >= 4 is 46.2 Å². The summed E-state index contributed by atoms with van der Waals surface area (Å²) in [6, 6.07) is 0. The third-order valence-electron chi connectivity index (χ3n) is 6.77. The fraction of sp³-hybridized carbons (Fsp3) is 0.350. The van der Waals surface area contributed by atoms with E-state index in [0.717, 1.165) is 0 Å². The number of fused-ring (bicyclic) bond motifs is 3. The molecule has 12 heteroatoms. The van der Waals surface area contributed by atoms with Crippen molar-refractivity contribution in [1.29, 1.82) is 0 Å². The zero-order chi connectivity index (χ0) is 24.1. The lowest BCUT2D eigenvalue weighted by atomic mass is 9.55. The van der Waals surface area contributed by atoms with Gasteiger partial charge in [0.1, 0.15) is 17.1 Å². The number of phenols is 1. The summed E-state index contributed by atoms with van der Waals surface area (Å²) in [6.45, 7) is 1.26. The second kappa shape index (κ2) is 6.37. The van der Waals surface area contributed by atoms with Crippen molar-refractivity contribution in [1.82, 2.24) is 0 Å². The predicted molar refractivity (Wildman–Crippen MR) is 111 cm³/mol. The van der Waals surface area contributed by atoms with Crippen LogP contribution in [0.25, 0.3) is 5.76 Å². The third-order valence-corrected chi connectivity index (χ3v) is 7.17. The zero-order valence-electron chi connectivity index (χ0n) is 16.6. The lowest BCUT2D eigenvalue weighted by molar-refractivity contribution is -0.152. The summed E-state index contributed by atoms with van der Waals surface area (Å²) in [5.41, 5.74) is 9.37. The summed E-state index contributed by atoms with van der Waals surface area (Å²) < 4.78 is 0. The quantitative estimate of drug-likeness (QED) is 0.119. The summed E-state index contributed by atoms with van der Waals surface area (Å²) in [6.07, 6.45) is -0.806. The molecule has 0 spiro atoms. The highest BCUT2D eigenvalue weighted by molar-refractivity contribution is 6.36. The summed E-state index contributed by atoms with van der Waals surface area (Å²) in [4.78, 5) is 37.5. The number of ketones is 2. The van der Waals surface area contributed by atoms with Crippen molar-refractivity contribution < 1.29 is 39.9 Å². The van der Waals surface area contributed by atoms with Gasteiger partial charge in [-0.15, -0.1) is 0 Å². The van der Waals surface area contributed by atoms with E-state index >= 15 is 0 Å². The van der Waals surface area contributed by atoms with Gasteiger partial charge in [0, 0.05) is 29.4 Å². The molecule has 1 aromatic carbocycles. The van der Waals surface area contributed by atoms with E-state index in [1.807, 2.05) is 0 Å². The van der Waals surface area contributed by atoms with E-state index in [9.17, 15) is 39.9 Å². The van der Waals surface area contributed by atoms with Gasteiger partial charge in [0.15, 0.2) is 17.1 Å². The van der Waals surface area contributed by atoms with Gasteiger partial charge in [0.25, 0.3) is 5.91 Å². The van der Waals surface area contributed by atoms with Crippen LogP contribution in [-0.4, -0.2) is 48.6 Å². The molecule has 0 aromatic heterocycles. The van der Waals surface area contributed by atoms with E-state index < -0.39 is 86.6 Å². The number of nitrogen functional groups attached to an aromatic ring is 2. The minimum Gasteiger partial charge on any atom is -0.508 e. The van der Waals surface area contributed by atoms with E-state index in [-0.39, 0.29) is 22.7 Å². The Morgan fingerprint density at radius 3 is 2.28 bits per heavy atom. The van der Waals surface area contributed by atoms with Gasteiger partial charge in [-0.25, -0.2) is 0 Å². The van der Waals surface area contributed by atoms with Gasteiger partial charge in [-0.2, -0.15) is 0 Å². The van der Waals surface area contributed by atoms with Crippen molar-refractivity contribution in [3.63, 3.8) is 0 Å². The number of hydrogen-bond donors (Lipinski definition) is 8. The first-order chi connectivity index (χ1) is 14.7. The molecule has 1 amide bonds. The number of benzene rings is 1. The van der Waals surface area contributed by atoms with Crippen LogP contribution in [0.15, 0.2) is 16.9 Å². The Kier molecular flexibility index (Phi) is 4.37. The lowest BCUT2D eigenvalue weighted by Gasteiger charge is -2.50. The Bertz CT molecular complexity index is 1220. The molecule has 0 bridgehead atoms. The number of aliphatic hydroxyl groups is 4. The SMILES string of the molecule is CC1(O)c2c(N)c(Cl)c(N)c(O)c2C(O)=C2C(=O)[C@]3(O)C(O)=C(C(N)=O)C(=O)C[C@@H]3C[C@@H]21. The Morgan fingerprint density at radius 2 is 1.72 bits per heavy atom. The molecule has 0 heterocycles. The molecular weight excluding hydrogens is 446 g/mol. The van der Waals surface area contributed by atoms with Crippen LogP contribution >= 0.6 is 11.6 Å². The molecule has 4 rings (SSSR count). The van der Waals surface area contributed by atoms with Gasteiger partial charge in [-0.1, -0.05) is 11.6 Å². The number of halogens is 1. The topological polar surface area (TPSA) is 230 Å². The van der Waals surface area contributed by atoms with Gasteiger partial charge in [0.05, 0.1) is 27.6 Å². The molecule has 0 saturated heterocycles. The van der Waals surface area contributed by atoms with Crippen molar-refractivity contribution in [2.75, 3.05) is 11.5 Å². The maximum Gasteiger partial charge on any atom is 0.255 e. The van der Waals surface area contributed by atoms with E-state index in [2.05, 4.69) is 0 Å². The number of anilines is 2. The minimum atomic E-state index is -2.76. The number of carbonyl (C=O) groups excluding carboxylic acids is 3. The monoisotopic (exact) mass is 465 g/mol. The first-order valence-corrected chi connectivity index (χ1v) is 9.86. The highest BCUT2D eigenvalue weighted by Gasteiger charge is 2.63. The molecule has 0 radical (unpaired) electrons. The van der Waals surface area contributed by atoms with Crippen LogP contribution in [0.1, 0.15) is 30.9 Å². The van der Waals surface area contributed by atoms with Crippen molar-refractivity contribution in [2.24, 2.45) is 17.6 Å². The van der Waals surface area contributed by atoms with Gasteiger partial charge < -0.3 is 42.7 Å². The Balaban J connectivity index is 2.06. The number of phenolic OH excluding ortho intramolecular Hbond substituents is 1. The number of aliphatic hydroxyl groups excluding tert-OH is 2. The summed E-state index contributed by atoms with van der Waals surface area (Å²) >= 11 is 6.06. The fourth-order valence-corrected chi connectivity index (χ4v) is 5.34. The first kappa shape index (κ1) is 21.9. The maximum absolute atomic E-state index is 13.5. The maximum atomic E-state index is 13.5. The molecule has 1 aromatic rings. The average molecular weight is 466 g/mol. The largest absolute Gasteiger partial charge is 0.508 e. The number of amides is 1. The van der Waals surface area contributed by atoms with Gasteiger partial charge in [-0.05, 0) is 13.3 Å². The smallest absolute Gasteiger partial charge is 0.255 e. The van der Waals surface area contributed by atoms with Crippen LogP contribution in [0, 0.1) is 11.8 Å². The number of Topliss-reactive ketones (excluding diaryl/α,β-unsaturated/α-hetero) is 2. The summed E-state index contributed by atoms with van der Waals surface area (Å²) in [5.74, 6) is -8.76. The standard InChI is InChI=1S/C20H20ClN3O8/c1-19(31)5-2-4-3-6(25)8(18(24)30)17(29)20(4,32)16(28)7(5)14(26)9-10(19)12(22)11(21)13(23)15(9)27/h4-5,26-27,29,31-32H,2-3,22-23H2,1H3,(H2,24,30)/t4-,5-,19?,20-/m0/s1. The molecule has 4 atom stereocenters. The molecule has 1 saturated carbocycles. The first-order valence-electron chi connectivity index (χ1n) is 9.48. The number of nitrogens with two attached hydrogens (primary N) is 3. The van der Waals surface area contributed by atoms with Crippen molar-refractivity contribution in [2.45, 2.75) is 31.0 Å². The van der Waals surface area contributed by atoms with Crippen molar-refractivity contribution in [3.05, 3.63) is 33.1 Å². The van der Waals surface area contributed by atoms with Crippen LogP contribution in [0.2, 0.25) is 5.02 Å².